The fourth-order valence-electron chi connectivity index (χ4n) is 4.43. The number of likely N-dealkylation sites (N-methyl/N-ethyl adjacent to an activating group) is 1. The Labute approximate surface area is 199 Å². The second-order valence-electron chi connectivity index (χ2n) is 8.75. The summed E-state index contributed by atoms with van der Waals surface area (Å²) in [5.41, 5.74) is 2.02. The molecule has 0 saturated carbocycles. The van der Waals surface area contributed by atoms with Crippen LogP contribution in [0.2, 0.25) is 0 Å². The minimum Gasteiger partial charge on any atom is -0.490 e. The second-order valence-corrected chi connectivity index (χ2v) is 8.75. The highest BCUT2D eigenvalue weighted by Gasteiger charge is 2.39. The fourth-order valence-corrected chi connectivity index (χ4v) is 4.43. The number of ether oxygens (including phenoxy) is 2. The Morgan fingerprint density at radius 2 is 1.88 bits per heavy atom. The first-order chi connectivity index (χ1) is 16.4. The van der Waals surface area contributed by atoms with E-state index in [1.807, 2.05) is 30.3 Å². The quantitative estimate of drug-likeness (QED) is 0.683. The minimum atomic E-state index is -0.331. The van der Waals surface area contributed by atoms with Crippen molar-refractivity contribution >= 4 is 23.4 Å². The van der Waals surface area contributed by atoms with Gasteiger partial charge in [0.15, 0.2) is 0 Å². The molecule has 3 amide bonds. The third-order valence-electron chi connectivity index (χ3n) is 6.36. The first kappa shape index (κ1) is 23.8. The first-order valence-corrected chi connectivity index (χ1v) is 11.7. The molecule has 8 heteroatoms. The van der Waals surface area contributed by atoms with E-state index in [9.17, 15) is 14.4 Å². The zero-order valence-corrected chi connectivity index (χ0v) is 19.6. The van der Waals surface area contributed by atoms with E-state index in [0.29, 0.717) is 42.8 Å². The molecule has 2 aromatic rings. The molecular weight excluding hydrogens is 434 g/mol. The van der Waals surface area contributed by atoms with Crippen molar-refractivity contribution in [2.24, 2.45) is 0 Å². The van der Waals surface area contributed by atoms with Gasteiger partial charge in [0.1, 0.15) is 18.5 Å². The van der Waals surface area contributed by atoms with E-state index in [-0.39, 0.29) is 49.0 Å². The van der Waals surface area contributed by atoms with Crippen molar-refractivity contribution < 1.29 is 23.9 Å². The van der Waals surface area contributed by atoms with Gasteiger partial charge in [-0.15, -0.1) is 0 Å². The highest BCUT2D eigenvalue weighted by atomic mass is 16.5. The average molecular weight is 466 g/mol. The highest BCUT2D eigenvalue weighted by molar-refractivity contribution is 5.99. The van der Waals surface area contributed by atoms with E-state index in [1.54, 1.807) is 37.1 Å². The van der Waals surface area contributed by atoms with Crippen molar-refractivity contribution in [2.75, 3.05) is 19.0 Å². The Kier molecular flexibility index (Phi) is 7.47. The number of carbonyl (C=O) groups excluding carboxylic acids is 3. The molecule has 0 unspecified atom stereocenters. The third-order valence-corrected chi connectivity index (χ3v) is 6.36. The van der Waals surface area contributed by atoms with Gasteiger partial charge in [0.05, 0.1) is 24.1 Å². The summed E-state index contributed by atoms with van der Waals surface area (Å²) in [6, 6.07) is 14.7. The minimum absolute atomic E-state index is 0.0597. The molecule has 8 nitrogen and oxygen atoms in total. The maximum Gasteiger partial charge on any atom is 0.257 e. The Hall–Kier alpha value is -3.39. The monoisotopic (exact) mass is 465 g/mol. The number of nitrogens with zero attached hydrogens (tertiary/aromatic N) is 1. The molecule has 34 heavy (non-hydrogen) atoms. The lowest BCUT2D eigenvalue weighted by Crippen LogP contribution is -2.53. The van der Waals surface area contributed by atoms with Crippen LogP contribution in [0.3, 0.4) is 0 Å². The van der Waals surface area contributed by atoms with Crippen molar-refractivity contribution in [3.05, 3.63) is 59.7 Å². The molecule has 4 rings (SSSR count). The summed E-state index contributed by atoms with van der Waals surface area (Å²) in [5, 5.41) is 5.73. The van der Waals surface area contributed by atoms with Crippen molar-refractivity contribution in [1.82, 2.24) is 10.2 Å². The van der Waals surface area contributed by atoms with Crippen LogP contribution < -0.4 is 15.4 Å². The van der Waals surface area contributed by atoms with Gasteiger partial charge in [0.25, 0.3) is 5.91 Å². The Balaban J connectivity index is 1.39. The SMILES string of the molecule is CCC(=O)Nc1ccc2c(c1)C(=O)N(C)[C@H]1CC[C@@H](CC(=O)NCc3ccccc3)O[C@@H]1CO2. The number of carbonyl (C=O) groups is 3. The van der Waals surface area contributed by atoms with Gasteiger partial charge in [-0.1, -0.05) is 37.3 Å². The summed E-state index contributed by atoms with van der Waals surface area (Å²) in [7, 11) is 1.77. The van der Waals surface area contributed by atoms with Gasteiger partial charge in [0, 0.05) is 25.7 Å². The van der Waals surface area contributed by atoms with E-state index in [0.717, 1.165) is 5.56 Å². The van der Waals surface area contributed by atoms with Crippen molar-refractivity contribution in [3.63, 3.8) is 0 Å². The summed E-state index contributed by atoms with van der Waals surface area (Å²) in [6.07, 6.45) is 1.46. The van der Waals surface area contributed by atoms with Crippen LogP contribution in [0.15, 0.2) is 48.5 Å². The Morgan fingerprint density at radius 1 is 1.09 bits per heavy atom. The van der Waals surface area contributed by atoms with E-state index >= 15 is 0 Å². The van der Waals surface area contributed by atoms with Crippen molar-refractivity contribution in [3.8, 4) is 5.75 Å². The predicted octanol–water partition coefficient (Wildman–Crippen LogP) is 3.12. The van der Waals surface area contributed by atoms with E-state index < -0.39 is 0 Å². The molecule has 0 bridgehead atoms. The zero-order valence-electron chi connectivity index (χ0n) is 19.6. The lowest BCUT2D eigenvalue weighted by Gasteiger charge is -2.42. The molecule has 0 aliphatic carbocycles. The molecule has 0 aromatic heterocycles. The molecule has 2 N–H and O–H groups in total. The van der Waals surface area contributed by atoms with E-state index in [2.05, 4.69) is 10.6 Å². The molecule has 3 atom stereocenters. The number of benzene rings is 2. The van der Waals surface area contributed by atoms with Crippen LogP contribution in [0.5, 0.6) is 5.75 Å². The Bertz CT molecular complexity index is 1040. The third kappa shape index (κ3) is 5.56. The lowest BCUT2D eigenvalue weighted by atomic mass is 9.94. The fraction of sp³-hybridized carbons (Fsp3) is 0.423. The molecule has 2 aliphatic heterocycles. The highest BCUT2D eigenvalue weighted by Crippen LogP contribution is 2.32. The summed E-state index contributed by atoms with van der Waals surface area (Å²) in [5.74, 6) is 0.0960. The summed E-state index contributed by atoms with van der Waals surface area (Å²) in [6.45, 7) is 2.53. The lowest BCUT2D eigenvalue weighted by molar-refractivity contribution is -0.134. The number of rotatable bonds is 6. The van der Waals surface area contributed by atoms with Crippen LogP contribution in [0.1, 0.15) is 48.5 Å². The normalized spacial score (nSPS) is 21.9. The second kappa shape index (κ2) is 10.7. The summed E-state index contributed by atoms with van der Waals surface area (Å²) < 4.78 is 12.2. The van der Waals surface area contributed by atoms with E-state index in [4.69, 9.17) is 9.47 Å². The van der Waals surface area contributed by atoms with Gasteiger partial charge in [-0.25, -0.2) is 0 Å². The van der Waals surface area contributed by atoms with Crippen LogP contribution in [0, 0.1) is 0 Å². The largest absolute Gasteiger partial charge is 0.490 e. The predicted molar refractivity (Wildman–Crippen MR) is 128 cm³/mol. The number of fused-ring (bicyclic) bond motifs is 2. The van der Waals surface area contributed by atoms with Crippen LogP contribution in [0.4, 0.5) is 5.69 Å². The zero-order chi connectivity index (χ0) is 24.1. The summed E-state index contributed by atoms with van der Waals surface area (Å²) in [4.78, 5) is 39.1. The van der Waals surface area contributed by atoms with Gasteiger partial charge in [-0.3, -0.25) is 14.4 Å². The molecule has 1 fully saturated rings. The Morgan fingerprint density at radius 3 is 2.65 bits per heavy atom. The first-order valence-electron chi connectivity index (χ1n) is 11.7. The van der Waals surface area contributed by atoms with Crippen molar-refractivity contribution in [1.29, 1.82) is 0 Å². The summed E-state index contributed by atoms with van der Waals surface area (Å²) >= 11 is 0. The number of hydrogen-bond donors (Lipinski definition) is 2. The van der Waals surface area contributed by atoms with Crippen LogP contribution >= 0.6 is 0 Å². The van der Waals surface area contributed by atoms with Gasteiger partial charge in [0.2, 0.25) is 11.8 Å². The molecule has 1 saturated heterocycles. The topological polar surface area (TPSA) is 97.0 Å². The maximum absolute atomic E-state index is 13.2. The van der Waals surface area contributed by atoms with E-state index in [1.165, 1.54) is 0 Å². The van der Waals surface area contributed by atoms with Gasteiger partial charge in [-0.2, -0.15) is 0 Å². The number of hydrogen-bond acceptors (Lipinski definition) is 5. The molecule has 0 radical (unpaired) electrons. The van der Waals surface area contributed by atoms with Crippen LogP contribution in [-0.4, -0.2) is 54.5 Å². The molecule has 2 heterocycles. The number of anilines is 1. The van der Waals surface area contributed by atoms with Crippen LogP contribution in [-0.2, 0) is 20.9 Å². The molecular formula is C26H31N3O5. The molecule has 180 valence electrons. The molecule has 2 aliphatic rings. The van der Waals surface area contributed by atoms with Crippen LogP contribution in [0.25, 0.3) is 0 Å². The van der Waals surface area contributed by atoms with Gasteiger partial charge in [-0.05, 0) is 36.6 Å². The molecule has 2 aromatic carbocycles. The average Bonchev–Trinajstić information content (AvgIpc) is 2.86. The van der Waals surface area contributed by atoms with Crippen molar-refractivity contribution in [2.45, 2.75) is 57.4 Å². The van der Waals surface area contributed by atoms with Gasteiger partial charge < -0.3 is 25.0 Å². The smallest absolute Gasteiger partial charge is 0.257 e. The number of nitrogens with one attached hydrogen (secondary N) is 2. The molecule has 0 spiro atoms. The maximum atomic E-state index is 13.2. The van der Waals surface area contributed by atoms with Gasteiger partial charge >= 0.3 is 0 Å². The standard InChI is InChI=1S/C26H31N3O5/c1-3-24(30)28-18-9-12-22-20(13-18)26(32)29(2)21-11-10-19(34-23(21)16-33-22)14-25(31)27-15-17-7-5-4-6-8-17/h4-9,12-13,19,21,23H,3,10-11,14-16H2,1-2H3,(H,27,31)(H,28,30)/t19-,21-,23+/m0/s1. The number of amides is 3.